The van der Waals surface area contributed by atoms with Crippen molar-refractivity contribution < 1.29 is 14.3 Å². The van der Waals surface area contributed by atoms with Crippen LogP contribution in [0.3, 0.4) is 0 Å². The number of halogens is 1. The van der Waals surface area contributed by atoms with Gasteiger partial charge >= 0.3 is 0 Å². The Labute approximate surface area is 141 Å². The van der Waals surface area contributed by atoms with Gasteiger partial charge in [-0.3, -0.25) is 9.48 Å². The molecule has 0 aliphatic heterocycles. The summed E-state index contributed by atoms with van der Waals surface area (Å²) in [5.74, 6) is -0.636. The van der Waals surface area contributed by atoms with Gasteiger partial charge in [0.05, 0.1) is 17.8 Å². The Morgan fingerprint density at radius 2 is 1.96 bits per heavy atom. The highest BCUT2D eigenvalue weighted by Gasteiger charge is 2.26. The molecule has 1 unspecified atom stereocenters. The molecule has 2 rings (SSSR count). The summed E-state index contributed by atoms with van der Waals surface area (Å²) in [7, 11) is 0. The number of aromatic nitrogens is 2. The van der Waals surface area contributed by atoms with Crippen molar-refractivity contribution in [3.63, 3.8) is 0 Å². The number of carbonyl (C=O) groups excluding carboxylic acids is 1. The smallest absolute Gasteiger partial charge is 0.255 e. The maximum absolute atomic E-state index is 13.0. The molecule has 0 aliphatic carbocycles. The fourth-order valence-electron chi connectivity index (χ4n) is 2.71. The Balaban J connectivity index is 2.11. The number of nitrogens with zero attached hydrogens (tertiary/aromatic N) is 2. The highest BCUT2D eigenvalue weighted by atomic mass is 19.1. The van der Waals surface area contributed by atoms with Crippen LogP contribution >= 0.6 is 0 Å². The summed E-state index contributed by atoms with van der Waals surface area (Å²) in [6, 6.07) is 5.60. The third-order valence-corrected chi connectivity index (χ3v) is 4.10. The Hall–Kier alpha value is -2.21. The van der Waals surface area contributed by atoms with E-state index >= 15 is 0 Å². The number of aliphatic hydroxyl groups is 1. The molecule has 5 nitrogen and oxygen atoms in total. The molecule has 0 radical (unpaired) electrons. The van der Waals surface area contributed by atoms with Crippen LogP contribution in [0.4, 0.5) is 4.39 Å². The van der Waals surface area contributed by atoms with Crippen molar-refractivity contribution >= 4 is 5.91 Å². The zero-order chi connectivity index (χ0) is 17.9. The first-order chi connectivity index (χ1) is 11.3. The van der Waals surface area contributed by atoms with Gasteiger partial charge in [-0.05, 0) is 44.9 Å². The van der Waals surface area contributed by atoms with Gasteiger partial charge in [-0.2, -0.15) is 5.10 Å². The third-order valence-electron chi connectivity index (χ3n) is 4.10. The van der Waals surface area contributed by atoms with Crippen LogP contribution in [0.25, 0.3) is 0 Å². The lowest BCUT2D eigenvalue weighted by Gasteiger charge is -2.24. The molecule has 24 heavy (non-hydrogen) atoms. The van der Waals surface area contributed by atoms with E-state index < -0.39 is 5.60 Å². The van der Waals surface area contributed by atoms with E-state index in [0.717, 1.165) is 18.7 Å². The standard InChI is InChI=1S/C18H24FN3O2/c1-5-10-22-13(3)16(12(2)21-22)17(23)20-11-18(4,24)14-6-8-15(19)9-7-14/h6-9,24H,5,10-11H2,1-4H3,(H,20,23). The molecule has 130 valence electrons. The highest BCUT2D eigenvalue weighted by molar-refractivity contribution is 5.96. The van der Waals surface area contributed by atoms with Crippen LogP contribution in [0, 0.1) is 19.7 Å². The molecule has 0 saturated heterocycles. The summed E-state index contributed by atoms with van der Waals surface area (Å²) in [5, 5.41) is 17.7. The number of nitrogens with one attached hydrogen (secondary N) is 1. The Morgan fingerprint density at radius 1 is 1.33 bits per heavy atom. The third kappa shape index (κ3) is 3.82. The molecule has 1 aromatic heterocycles. The predicted octanol–water partition coefficient (Wildman–Crippen LogP) is 2.69. The van der Waals surface area contributed by atoms with Crippen molar-refractivity contribution in [2.45, 2.75) is 46.3 Å². The number of benzene rings is 1. The number of hydrogen-bond donors (Lipinski definition) is 2. The molecule has 0 spiro atoms. The molecule has 1 heterocycles. The summed E-state index contributed by atoms with van der Waals surface area (Å²) >= 11 is 0. The first-order valence-electron chi connectivity index (χ1n) is 8.07. The largest absolute Gasteiger partial charge is 0.384 e. The Morgan fingerprint density at radius 3 is 2.54 bits per heavy atom. The molecule has 2 aromatic rings. The summed E-state index contributed by atoms with van der Waals surface area (Å²) in [5.41, 5.74) is 1.27. The fraction of sp³-hybridized carbons (Fsp3) is 0.444. The summed E-state index contributed by atoms with van der Waals surface area (Å²) in [6.45, 7) is 8.08. The van der Waals surface area contributed by atoms with E-state index in [-0.39, 0.29) is 18.3 Å². The highest BCUT2D eigenvalue weighted by Crippen LogP contribution is 2.20. The summed E-state index contributed by atoms with van der Waals surface area (Å²) in [6.07, 6.45) is 0.933. The second-order valence-corrected chi connectivity index (χ2v) is 6.23. The van der Waals surface area contributed by atoms with E-state index in [0.29, 0.717) is 16.8 Å². The Bertz CT molecular complexity index is 721. The van der Waals surface area contributed by atoms with Gasteiger partial charge in [-0.25, -0.2) is 4.39 Å². The first-order valence-corrected chi connectivity index (χ1v) is 8.07. The van der Waals surface area contributed by atoms with Crippen molar-refractivity contribution in [3.8, 4) is 0 Å². The SMILES string of the molecule is CCCn1nc(C)c(C(=O)NCC(C)(O)c2ccc(F)cc2)c1C. The number of amides is 1. The van der Waals surface area contributed by atoms with Crippen molar-refractivity contribution in [1.82, 2.24) is 15.1 Å². The lowest BCUT2D eigenvalue weighted by Crippen LogP contribution is -2.39. The second kappa shape index (κ2) is 7.13. The second-order valence-electron chi connectivity index (χ2n) is 6.23. The lowest BCUT2D eigenvalue weighted by atomic mass is 9.96. The maximum atomic E-state index is 13.0. The number of aryl methyl sites for hydroxylation is 2. The van der Waals surface area contributed by atoms with E-state index in [1.165, 1.54) is 24.3 Å². The van der Waals surface area contributed by atoms with Gasteiger partial charge in [0.1, 0.15) is 11.4 Å². The molecule has 0 aliphatic rings. The van der Waals surface area contributed by atoms with E-state index in [4.69, 9.17) is 0 Å². The van der Waals surface area contributed by atoms with Gasteiger partial charge in [0.15, 0.2) is 0 Å². The number of carbonyl (C=O) groups is 1. The molecule has 6 heteroatoms. The van der Waals surface area contributed by atoms with Gasteiger partial charge in [0.25, 0.3) is 5.91 Å². The maximum Gasteiger partial charge on any atom is 0.255 e. The lowest BCUT2D eigenvalue weighted by molar-refractivity contribution is 0.0525. The topological polar surface area (TPSA) is 67.2 Å². The van der Waals surface area contributed by atoms with Gasteiger partial charge in [0, 0.05) is 12.2 Å². The van der Waals surface area contributed by atoms with Crippen molar-refractivity contribution in [2.24, 2.45) is 0 Å². The summed E-state index contributed by atoms with van der Waals surface area (Å²) < 4.78 is 14.8. The molecule has 0 saturated carbocycles. The minimum absolute atomic E-state index is 0.0231. The van der Waals surface area contributed by atoms with E-state index in [1.807, 2.05) is 11.6 Å². The number of hydrogen-bond acceptors (Lipinski definition) is 3. The van der Waals surface area contributed by atoms with E-state index in [1.54, 1.807) is 13.8 Å². The van der Waals surface area contributed by atoms with Gasteiger partial charge in [-0.1, -0.05) is 19.1 Å². The number of rotatable bonds is 6. The van der Waals surface area contributed by atoms with Crippen LogP contribution in [0.2, 0.25) is 0 Å². The van der Waals surface area contributed by atoms with Crippen LogP contribution < -0.4 is 5.32 Å². The average Bonchev–Trinajstić information content (AvgIpc) is 2.80. The van der Waals surface area contributed by atoms with Gasteiger partial charge in [0.2, 0.25) is 0 Å². The fourth-order valence-corrected chi connectivity index (χ4v) is 2.71. The normalized spacial score (nSPS) is 13.6. The van der Waals surface area contributed by atoms with Crippen molar-refractivity contribution in [2.75, 3.05) is 6.54 Å². The van der Waals surface area contributed by atoms with Crippen molar-refractivity contribution in [1.29, 1.82) is 0 Å². The van der Waals surface area contributed by atoms with Gasteiger partial charge in [-0.15, -0.1) is 0 Å². The Kier molecular flexibility index (Phi) is 5.39. The molecule has 0 bridgehead atoms. The van der Waals surface area contributed by atoms with E-state index in [2.05, 4.69) is 17.3 Å². The average molecular weight is 333 g/mol. The zero-order valence-electron chi connectivity index (χ0n) is 14.6. The van der Waals surface area contributed by atoms with Crippen LogP contribution in [0.1, 0.15) is 47.6 Å². The first kappa shape index (κ1) is 18.1. The quantitative estimate of drug-likeness (QED) is 0.854. The molecule has 0 fully saturated rings. The van der Waals surface area contributed by atoms with Crippen LogP contribution in [-0.2, 0) is 12.1 Å². The van der Waals surface area contributed by atoms with Crippen molar-refractivity contribution in [3.05, 3.63) is 52.6 Å². The van der Waals surface area contributed by atoms with Crippen LogP contribution in [-0.4, -0.2) is 27.3 Å². The minimum Gasteiger partial charge on any atom is -0.384 e. The molecular formula is C18H24FN3O2. The molecular weight excluding hydrogens is 309 g/mol. The predicted molar refractivity (Wildman–Crippen MR) is 90.3 cm³/mol. The van der Waals surface area contributed by atoms with Gasteiger partial charge < -0.3 is 10.4 Å². The van der Waals surface area contributed by atoms with Crippen LogP contribution in [0.5, 0.6) is 0 Å². The molecule has 2 N–H and O–H groups in total. The zero-order valence-corrected chi connectivity index (χ0v) is 14.6. The summed E-state index contributed by atoms with van der Waals surface area (Å²) in [4.78, 5) is 12.5. The van der Waals surface area contributed by atoms with E-state index in [9.17, 15) is 14.3 Å². The monoisotopic (exact) mass is 333 g/mol. The van der Waals surface area contributed by atoms with Crippen LogP contribution in [0.15, 0.2) is 24.3 Å². The molecule has 1 aromatic carbocycles. The minimum atomic E-state index is -1.29. The molecule has 1 amide bonds. The molecule has 1 atom stereocenters.